The zero-order valence-electron chi connectivity index (χ0n) is 13.7. The first-order valence-corrected chi connectivity index (χ1v) is 8.88. The van der Waals surface area contributed by atoms with Crippen molar-refractivity contribution in [1.29, 1.82) is 0 Å². The fourth-order valence-corrected chi connectivity index (χ4v) is 4.23. The number of nitro benzene ring substituents is 1. The number of non-ortho nitro benzene ring substituents is 1. The van der Waals surface area contributed by atoms with Crippen molar-refractivity contribution < 1.29 is 4.92 Å². The van der Waals surface area contributed by atoms with E-state index in [0.29, 0.717) is 17.9 Å². The Morgan fingerprint density at radius 1 is 1.13 bits per heavy atom. The van der Waals surface area contributed by atoms with Gasteiger partial charge >= 0.3 is 0 Å². The molecule has 5 heteroatoms. The Morgan fingerprint density at radius 2 is 1.87 bits per heavy atom. The van der Waals surface area contributed by atoms with Gasteiger partial charge in [0.05, 0.1) is 4.92 Å². The molecule has 3 rings (SSSR count). The van der Waals surface area contributed by atoms with Gasteiger partial charge in [-0.3, -0.25) is 10.1 Å². The maximum Gasteiger partial charge on any atom is 0.269 e. The van der Waals surface area contributed by atoms with E-state index in [1.165, 1.54) is 44.9 Å². The van der Waals surface area contributed by atoms with E-state index < -0.39 is 0 Å². The summed E-state index contributed by atoms with van der Waals surface area (Å²) in [6.07, 6.45) is 8.81. The standard InChI is InChI=1S/C18H27N3O2/c19-18-6-2-1-5-15(18)12-14-4-3-11-20(13-14)16-7-9-17(10-8-16)21(22)23/h7-10,14-15,18H,1-6,11-13,19H2/t14-,15+,18-/m1/s1. The first kappa shape index (κ1) is 16.2. The summed E-state index contributed by atoms with van der Waals surface area (Å²) in [5, 5.41) is 10.8. The molecule has 0 aromatic heterocycles. The summed E-state index contributed by atoms with van der Waals surface area (Å²) in [7, 11) is 0. The summed E-state index contributed by atoms with van der Waals surface area (Å²) in [6.45, 7) is 2.10. The minimum absolute atomic E-state index is 0.162. The zero-order chi connectivity index (χ0) is 16.2. The van der Waals surface area contributed by atoms with Crippen LogP contribution in [0.2, 0.25) is 0 Å². The van der Waals surface area contributed by atoms with Gasteiger partial charge in [-0.1, -0.05) is 12.8 Å². The highest BCUT2D eigenvalue weighted by atomic mass is 16.6. The molecule has 2 aliphatic rings. The lowest BCUT2D eigenvalue weighted by Gasteiger charge is -2.38. The van der Waals surface area contributed by atoms with Crippen LogP contribution in [0, 0.1) is 22.0 Å². The van der Waals surface area contributed by atoms with Crippen molar-refractivity contribution in [2.45, 2.75) is 51.0 Å². The molecule has 1 aliphatic heterocycles. The third kappa shape index (κ3) is 4.02. The van der Waals surface area contributed by atoms with Crippen molar-refractivity contribution in [3.63, 3.8) is 0 Å². The number of nitrogens with two attached hydrogens (primary N) is 1. The van der Waals surface area contributed by atoms with Crippen molar-refractivity contribution in [3.05, 3.63) is 34.4 Å². The predicted octanol–water partition coefficient (Wildman–Crippen LogP) is 3.72. The molecule has 0 bridgehead atoms. The summed E-state index contributed by atoms with van der Waals surface area (Å²) < 4.78 is 0. The Kier molecular flexibility index (Phi) is 5.16. The topological polar surface area (TPSA) is 72.4 Å². The van der Waals surface area contributed by atoms with Crippen LogP contribution in [0.4, 0.5) is 11.4 Å². The van der Waals surface area contributed by atoms with Gasteiger partial charge in [0.15, 0.2) is 0 Å². The summed E-state index contributed by atoms with van der Waals surface area (Å²) in [5.41, 5.74) is 7.58. The Bertz CT molecular complexity index is 532. The van der Waals surface area contributed by atoms with E-state index >= 15 is 0 Å². The highest BCUT2D eigenvalue weighted by Crippen LogP contribution is 2.33. The number of rotatable bonds is 4. The van der Waals surface area contributed by atoms with Crippen LogP contribution >= 0.6 is 0 Å². The maximum atomic E-state index is 10.8. The molecule has 1 saturated heterocycles. The molecule has 1 aliphatic carbocycles. The normalized spacial score (nSPS) is 28.6. The number of piperidine rings is 1. The second-order valence-corrected chi connectivity index (χ2v) is 7.17. The van der Waals surface area contributed by atoms with Crippen LogP contribution in [0.5, 0.6) is 0 Å². The minimum Gasteiger partial charge on any atom is -0.371 e. The van der Waals surface area contributed by atoms with Gasteiger partial charge in [0.1, 0.15) is 0 Å². The lowest BCUT2D eigenvalue weighted by Crippen LogP contribution is -2.39. The second-order valence-electron chi connectivity index (χ2n) is 7.17. The largest absolute Gasteiger partial charge is 0.371 e. The first-order chi connectivity index (χ1) is 11.1. The Morgan fingerprint density at radius 3 is 2.57 bits per heavy atom. The van der Waals surface area contributed by atoms with Crippen LogP contribution in [0.15, 0.2) is 24.3 Å². The molecule has 2 N–H and O–H groups in total. The molecule has 1 aromatic carbocycles. The van der Waals surface area contributed by atoms with E-state index in [1.807, 2.05) is 12.1 Å². The molecule has 1 aromatic rings. The Balaban J connectivity index is 1.60. The zero-order valence-corrected chi connectivity index (χ0v) is 13.7. The summed E-state index contributed by atoms with van der Waals surface area (Å²) in [6, 6.07) is 7.37. The van der Waals surface area contributed by atoms with Gasteiger partial charge in [-0.05, 0) is 56.1 Å². The second kappa shape index (κ2) is 7.30. The molecule has 0 unspecified atom stereocenters. The molecule has 23 heavy (non-hydrogen) atoms. The van der Waals surface area contributed by atoms with Gasteiger partial charge in [0.25, 0.3) is 5.69 Å². The van der Waals surface area contributed by atoms with Crippen molar-refractivity contribution in [2.75, 3.05) is 18.0 Å². The average Bonchev–Trinajstić information content (AvgIpc) is 2.57. The molecule has 5 nitrogen and oxygen atoms in total. The van der Waals surface area contributed by atoms with E-state index in [9.17, 15) is 10.1 Å². The highest BCUT2D eigenvalue weighted by Gasteiger charge is 2.28. The van der Waals surface area contributed by atoms with Crippen LogP contribution in [0.25, 0.3) is 0 Å². The lowest BCUT2D eigenvalue weighted by atomic mass is 9.77. The van der Waals surface area contributed by atoms with Gasteiger partial charge in [-0.15, -0.1) is 0 Å². The van der Waals surface area contributed by atoms with Crippen LogP contribution in [0.1, 0.15) is 44.9 Å². The molecule has 0 radical (unpaired) electrons. The van der Waals surface area contributed by atoms with Crippen LogP contribution in [-0.2, 0) is 0 Å². The quantitative estimate of drug-likeness (QED) is 0.678. The fourth-order valence-electron chi connectivity index (χ4n) is 4.23. The molecule has 3 atom stereocenters. The molecule has 1 heterocycles. The summed E-state index contributed by atoms with van der Waals surface area (Å²) >= 11 is 0. The van der Waals surface area contributed by atoms with Gasteiger partial charge in [0.2, 0.25) is 0 Å². The van der Waals surface area contributed by atoms with Gasteiger partial charge in [-0.2, -0.15) is 0 Å². The molecule has 0 spiro atoms. The van der Waals surface area contributed by atoms with Crippen LogP contribution < -0.4 is 10.6 Å². The Hall–Kier alpha value is -1.62. The average molecular weight is 317 g/mol. The number of benzene rings is 1. The number of hydrogen-bond acceptors (Lipinski definition) is 4. The number of hydrogen-bond donors (Lipinski definition) is 1. The van der Waals surface area contributed by atoms with E-state index in [0.717, 1.165) is 18.8 Å². The van der Waals surface area contributed by atoms with Gasteiger partial charge in [0, 0.05) is 37.0 Å². The third-order valence-electron chi connectivity index (χ3n) is 5.55. The summed E-state index contributed by atoms with van der Waals surface area (Å²) in [4.78, 5) is 12.8. The molecular weight excluding hydrogens is 290 g/mol. The Labute approximate surface area is 138 Å². The molecule has 126 valence electrons. The van der Waals surface area contributed by atoms with E-state index in [1.54, 1.807) is 12.1 Å². The van der Waals surface area contributed by atoms with Crippen molar-refractivity contribution >= 4 is 11.4 Å². The van der Waals surface area contributed by atoms with Crippen LogP contribution in [-0.4, -0.2) is 24.1 Å². The first-order valence-electron chi connectivity index (χ1n) is 8.88. The third-order valence-corrected chi connectivity index (χ3v) is 5.55. The maximum absolute atomic E-state index is 10.8. The monoisotopic (exact) mass is 317 g/mol. The molecule has 2 fully saturated rings. The van der Waals surface area contributed by atoms with Crippen molar-refractivity contribution in [2.24, 2.45) is 17.6 Å². The van der Waals surface area contributed by atoms with Crippen molar-refractivity contribution in [3.8, 4) is 0 Å². The smallest absolute Gasteiger partial charge is 0.269 e. The fraction of sp³-hybridized carbons (Fsp3) is 0.667. The van der Waals surface area contributed by atoms with Crippen molar-refractivity contribution in [1.82, 2.24) is 0 Å². The van der Waals surface area contributed by atoms with Crippen LogP contribution in [0.3, 0.4) is 0 Å². The number of anilines is 1. The summed E-state index contributed by atoms with van der Waals surface area (Å²) in [5.74, 6) is 1.39. The minimum atomic E-state index is -0.340. The molecule has 1 saturated carbocycles. The molecular formula is C18H27N3O2. The van der Waals surface area contributed by atoms with Gasteiger partial charge in [-0.25, -0.2) is 0 Å². The predicted molar refractivity (Wildman–Crippen MR) is 92.6 cm³/mol. The van der Waals surface area contributed by atoms with Gasteiger partial charge < -0.3 is 10.6 Å². The van der Waals surface area contributed by atoms with E-state index in [4.69, 9.17) is 5.73 Å². The number of nitro groups is 1. The lowest BCUT2D eigenvalue weighted by molar-refractivity contribution is -0.384. The molecule has 0 amide bonds. The highest BCUT2D eigenvalue weighted by molar-refractivity contribution is 5.51. The SMILES string of the molecule is N[C@@H]1CCCC[C@H]1C[C@H]1CCCN(c2ccc([N+](=O)[O-])cc2)C1. The van der Waals surface area contributed by atoms with E-state index in [-0.39, 0.29) is 10.6 Å². The van der Waals surface area contributed by atoms with E-state index in [2.05, 4.69) is 4.90 Å². The number of nitrogens with zero attached hydrogens (tertiary/aromatic N) is 2.